The van der Waals surface area contributed by atoms with E-state index in [1.54, 1.807) is 35.1 Å². The van der Waals surface area contributed by atoms with Crippen LogP contribution in [0.25, 0.3) is 16.8 Å². The van der Waals surface area contributed by atoms with Crippen molar-refractivity contribution in [1.82, 2.24) is 14.6 Å². The number of nitrogens with zero attached hydrogens (tertiary/aromatic N) is 3. The highest BCUT2D eigenvalue weighted by atomic mass is 16.3. The summed E-state index contributed by atoms with van der Waals surface area (Å²) in [5.74, 6) is 0.243. The van der Waals surface area contributed by atoms with Gasteiger partial charge in [0.1, 0.15) is 5.75 Å². The summed E-state index contributed by atoms with van der Waals surface area (Å²) in [7, 11) is 0. The Kier molecular flexibility index (Phi) is 1.86. The van der Waals surface area contributed by atoms with Crippen LogP contribution in [0.1, 0.15) is 0 Å². The molecule has 0 amide bonds. The molecule has 0 saturated carbocycles. The van der Waals surface area contributed by atoms with Gasteiger partial charge in [0.25, 0.3) is 0 Å². The van der Waals surface area contributed by atoms with Crippen LogP contribution in [0.5, 0.6) is 5.75 Å². The van der Waals surface area contributed by atoms with Gasteiger partial charge in [0.15, 0.2) is 5.65 Å². The normalized spacial score (nSPS) is 10.8. The first-order chi connectivity index (χ1) is 7.84. The Labute approximate surface area is 91.8 Å². The van der Waals surface area contributed by atoms with Crippen LogP contribution in [0.4, 0.5) is 0 Å². The Bertz CT molecular complexity index is 645. The molecule has 2 aromatic heterocycles. The molecule has 4 nitrogen and oxygen atoms in total. The lowest BCUT2D eigenvalue weighted by Gasteiger charge is -1.99. The zero-order valence-electron chi connectivity index (χ0n) is 8.41. The fourth-order valence-corrected chi connectivity index (χ4v) is 1.70. The van der Waals surface area contributed by atoms with Gasteiger partial charge in [0.2, 0.25) is 0 Å². The third-order valence-electron chi connectivity index (χ3n) is 2.44. The molecule has 0 radical (unpaired) electrons. The monoisotopic (exact) mass is 211 g/mol. The second-order valence-corrected chi connectivity index (χ2v) is 3.50. The molecule has 1 aromatic carbocycles. The van der Waals surface area contributed by atoms with Gasteiger partial charge in [-0.1, -0.05) is 12.1 Å². The van der Waals surface area contributed by atoms with Crippen molar-refractivity contribution in [3.63, 3.8) is 0 Å². The van der Waals surface area contributed by atoms with E-state index in [0.717, 1.165) is 16.8 Å². The first kappa shape index (κ1) is 8.91. The van der Waals surface area contributed by atoms with Crippen LogP contribution in [-0.4, -0.2) is 19.7 Å². The number of hydrogen-bond donors (Lipinski definition) is 1. The van der Waals surface area contributed by atoms with Crippen LogP contribution < -0.4 is 0 Å². The third kappa shape index (κ3) is 1.32. The zero-order chi connectivity index (χ0) is 11.0. The maximum Gasteiger partial charge on any atom is 0.162 e. The standard InChI is InChI=1S/C12H9N3O/c16-10-4-1-3-9(7-10)11-8-14-15-6-2-5-13-12(11)15/h1-8,16H. The molecule has 0 unspecified atom stereocenters. The Balaban J connectivity index is 2.26. The van der Waals surface area contributed by atoms with Gasteiger partial charge in [-0.05, 0) is 23.8 Å². The smallest absolute Gasteiger partial charge is 0.162 e. The largest absolute Gasteiger partial charge is 0.508 e. The molecule has 1 N–H and O–H groups in total. The Morgan fingerprint density at radius 1 is 1.19 bits per heavy atom. The molecule has 0 aliphatic carbocycles. The van der Waals surface area contributed by atoms with E-state index in [2.05, 4.69) is 10.1 Å². The van der Waals surface area contributed by atoms with E-state index in [1.807, 2.05) is 18.3 Å². The first-order valence-electron chi connectivity index (χ1n) is 4.92. The highest BCUT2D eigenvalue weighted by molar-refractivity contribution is 5.77. The molecule has 3 aromatic rings. The molecule has 0 fully saturated rings. The van der Waals surface area contributed by atoms with Crippen LogP contribution in [0.3, 0.4) is 0 Å². The average molecular weight is 211 g/mol. The molecular weight excluding hydrogens is 202 g/mol. The van der Waals surface area contributed by atoms with Crippen molar-refractivity contribution in [2.45, 2.75) is 0 Å². The van der Waals surface area contributed by atoms with Crippen molar-refractivity contribution in [2.75, 3.05) is 0 Å². The van der Waals surface area contributed by atoms with Crippen LogP contribution in [-0.2, 0) is 0 Å². The van der Waals surface area contributed by atoms with Crippen molar-refractivity contribution in [3.8, 4) is 16.9 Å². The molecular formula is C12H9N3O. The highest BCUT2D eigenvalue weighted by Gasteiger charge is 2.07. The molecule has 0 saturated heterocycles. The van der Waals surface area contributed by atoms with Crippen molar-refractivity contribution in [1.29, 1.82) is 0 Å². The predicted octanol–water partition coefficient (Wildman–Crippen LogP) is 2.10. The molecule has 16 heavy (non-hydrogen) atoms. The zero-order valence-corrected chi connectivity index (χ0v) is 8.41. The van der Waals surface area contributed by atoms with Gasteiger partial charge < -0.3 is 5.11 Å². The highest BCUT2D eigenvalue weighted by Crippen LogP contribution is 2.25. The average Bonchev–Trinajstić information content (AvgIpc) is 2.72. The summed E-state index contributed by atoms with van der Waals surface area (Å²) in [4.78, 5) is 4.27. The first-order valence-corrected chi connectivity index (χ1v) is 4.92. The van der Waals surface area contributed by atoms with E-state index in [9.17, 15) is 5.11 Å². The summed E-state index contributed by atoms with van der Waals surface area (Å²) in [5, 5.41) is 13.6. The van der Waals surface area contributed by atoms with Gasteiger partial charge in [0, 0.05) is 18.0 Å². The van der Waals surface area contributed by atoms with E-state index >= 15 is 0 Å². The number of hydrogen-bond acceptors (Lipinski definition) is 3. The van der Waals surface area contributed by atoms with Gasteiger partial charge >= 0.3 is 0 Å². The number of benzene rings is 1. The van der Waals surface area contributed by atoms with E-state index in [-0.39, 0.29) is 5.75 Å². The molecule has 0 aliphatic heterocycles. The quantitative estimate of drug-likeness (QED) is 0.670. The topological polar surface area (TPSA) is 50.4 Å². The predicted molar refractivity (Wildman–Crippen MR) is 60.1 cm³/mol. The summed E-state index contributed by atoms with van der Waals surface area (Å²) in [6.45, 7) is 0. The molecule has 0 aliphatic rings. The van der Waals surface area contributed by atoms with E-state index < -0.39 is 0 Å². The molecule has 0 bridgehead atoms. The lowest BCUT2D eigenvalue weighted by Crippen LogP contribution is -1.87. The second-order valence-electron chi connectivity index (χ2n) is 3.50. The van der Waals surface area contributed by atoms with Crippen molar-refractivity contribution in [3.05, 3.63) is 48.9 Å². The van der Waals surface area contributed by atoms with Gasteiger partial charge in [-0.3, -0.25) is 0 Å². The summed E-state index contributed by atoms with van der Waals surface area (Å²) in [6, 6.07) is 8.89. The van der Waals surface area contributed by atoms with Crippen molar-refractivity contribution in [2.24, 2.45) is 0 Å². The number of aromatic nitrogens is 3. The SMILES string of the molecule is Oc1cccc(-c2cnn3cccnc23)c1. The molecule has 4 heteroatoms. The van der Waals surface area contributed by atoms with Crippen molar-refractivity contribution < 1.29 is 5.11 Å². The minimum absolute atomic E-state index is 0.243. The lowest BCUT2D eigenvalue weighted by molar-refractivity contribution is 0.475. The second kappa shape index (κ2) is 3.34. The summed E-state index contributed by atoms with van der Waals surface area (Å²) in [6.07, 6.45) is 5.31. The maximum atomic E-state index is 9.44. The Morgan fingerprint density at radius 2 is 2.12 bits per heavy atom. The number of fused-ring (bicyclic) bond motifs is 1. The molecule has 0 spiro atoms. The lowest BCUT2D eigenvalue weighted by atomic mass is 10.1. The summed E-state index contributed by atoms with van der Waals surface area (Å²) >= 11 is 0. The molecule has 78 valence electrons. The third-order valence-corrected chi connectivity index (χ3v) is 2.44. The van der Waals surface area contributed by atoms with Gasteiger partial charge in [-0.15, -0.1) is 0 Å². The number of phenolic OH excluding ortho intramolecular Hbond substituents is 1. The summed E-state index contributed by atoms with van der Waals surface area (Å²) in [5.41, 5.74) is 2.61. The number of rotatable bonds is 1. The minimum Gasteiger partial charge on any atom is -0.508 e. The number of aromatic hydroxyl groups is 1. The fourth-order valence-electron chi connectivity index (χ4n) is 1.70. The molecule has 3 rings (SSSR count). The number of phenols is 1. The van der Waals surface area contributed by atoms with Crippen molar-refractivity contribution >= 4 is 5.65 Å². The Morgan fingerprint density at radius 3 is 3.00 bits per heavy atom. The Hall–Kier alpha value is -2.36. The van der Waals surface area contributed by atoms with E-state index in [0.29, 0.717) is 0 Å². The van der Waals surface area contributed by atoms with Crippen LogP contribution in [0.2, 0.25) is 0 Å². The van der Waals surface area contributed by atoms with Crippen LogP contribution in [0.15, 0.2) is 48.9 Å². The molecule has 0 atom stereocenters. The summed E-state index contributed by atoms with van der Waals surface area (Å²) < 4.78 is 1.71. The van der Waals surface area contributed by atoms with E-state index in [4.69, 9.17) is 0 Å². The maximum absolute atomic E-state index is 9.44. The van der Waals surface area contributed by atoms with Gasteiger partial charge in [-0.2, -0.15) is 5.10 Å². The molecule has 2 heterocycles. The van der Waals surface area contributed by atoms with Gasteiger partial charge in [0.05, 0.1) is 6.20 Å². The van der Waals surface area contributed by atoms with Gasteiger partial charge in [-0.25, -0.2) is 9.50 Å². The van der Waals surface area contributed by atoms with Crippen LogP contribution >= 0.6 is 0 Å². The minimum atomic E-state index is 0.243. The van der Waals surface area contributed by atoms with Crippen LogP contribution in [0, 0.1) is 0 Å². The van der Waals surface area contributed by atoms with E-state index in [1.165, 1.54) is 0 Å². The fraction of sp³-hybridized carbons (Fsp3) is 0.